The lowest BCUT2D eigenvalue weighted by Crippen LogP contribution is -2.32. The molecule has 4 nitrogen and oxygen atoms in total. The van der Waals surface area contributed by atoms with Gasteiger partial charge in [0.05, 0.1) is 5.71 Å². The lowest BCUT2D eigenvalue weighted by molar-refractivity contribution is -0.144. The van der Waals surface area contributed by atoms with E-state index in [-0.39, 0.29) is 11.6 Å². The van der Waals surface area contributed by atoms with E-state index in [2.05, 4.69) is 23.2 Å². The van der Waals surface area contributed by atoms with Crippen molar-refractivity contribution in [3.8, 4) is 0 Å². The summed E-state index contributed by atoms with van der Waals surface area (Å²) in [6, 6.07) is 0. The number of nitrogens with zero attached hydrogens (tertiary/aromatic N) is 1. The molecule has 0 aliphatic carbocycles. The van der Waals surface area contributed by atoms with Crippen molar-refractivity contribution in [1.29, 1.82) is 5.41 Å². The molecule has 98 valence electrons. The van der Waals surface area contributed by atoms with Crippen LogP contribution in [-0.4, -0.2) is 30.7 Å². The maximum absolute atomic E-state index is 11.1. The highest BCUT2D eigenvalue weighted by atomic mass is 16.5. The Bertz CT molecular complexity index is 425. The fourth-order valence-electron chi connectivity index (χ4n) is 1.41. The van der Waals surface area contributed by atoms with Crippen molar-refractivity contribution < 1.29 is 9.53 Å². The van der Waals surface area contributed by atoms with Crippen LogP contribution in [0.4, 0.5) is 0 Å². The van der Waals surface area contributed by atoms with Crippen LogP contribution in [0.3, 0.4) is 0 Å². The van der Waals surface area contributed by atoms with Crippen LogP contribution in [0.25, 0.3) is 0 Å². The first-order chi connectivity index (χ1) is 8.43. The average molecular weight is 248 g/mol. The molecule has 4 heteroatoms. The number of esters is 1. The van der Waals surface area contributed by atoms with Gasteiger partial charge >= 0.3 is 5.97 Å². The van der Waals surface area contributed by atoms with Gasteiger partial charge in [-0.15, -0.1) is 0 Å². The number of hydrogen-bond donors (Lipinski definition) is 1. The van der Waals surface area contributed by atoms with Gasteiger partial charge in [-0.25, -0.2) is 4.99 Å². The number of nitrogens with one attached hydrogen (secondary N) is 1. The van der Waals surface area contributed by atoms with Gasteiger partial charge in [0.2, 0.25) is 0 Å². The monoisotopic (exact) mass is 248 g/mol. The SMILES string of the molecule is C=C(CC)[C@@H](C)[C@H](OC(C)=O)C(=N)C=C=C=NC. The maximum atomic E-state index is 11.1. The van der Waals surface area contributed by atoms with E-state index >= 15 is 0 Å². The molecule has 0 aromatic carbocycles. The van der Waals surface area contributed by atoms with Crippen LogP contribution in [-0.2, 0) is 9.53 Å². The normalized spacial score (nSPS) is 12.4. The first-order valence-electron chi connectivity index (χ1n) is 5.79. The minimum atomic E-state index is -0.638. The second kappa shape index (κ2) is 8.24. The van der Waals surface area contributed by atoms with Crippen LogP contribution in [0.1, 0.15) is 27.2 Å². The summed E-state index contributed by atoms with van der Waals surface area (Å²) in [7, 11) is 1.57. The summed E-state index contributed by atoms with van der Waals surface area (Å²) < 4.78 is 5.17. The van der Waals surface area contributed by atoms with E-state index in [4.69, 9.17) is 10.1 Å². The average Bonchev–Trinajstić information content (AvgIpc) is 2.34. The molecule has 0 rings (SSSR count). The summed E-state index contributed by atoms with van der Waals surface area (Å²) in [5, 5.41) is 7.90. The van der Waals surface area contributed by atoms with Crippen molar-refractivity contribution in [3.63, 3.8) is 0 Å². The number of ether oxygens (including phenoxy) is 1. The Morgan fingerprint density at radius 3 is 2.67 bits per heavy atom. The minimum Gasteiger partial charge on any atom is -0.455 e. The van der Waals surface area contributed by atoms with E-state index in [0.717, 1.165) is 12.0 Å². The second-order valence-electron chi connectivity index (χ2n) is 3.91. The number of rotatable bonds is 6. The standard InChI is InChI=1S/C14H20N2O2/c1-6-10(2)11(3)14(18-12(4)17)13(15)8-7-9-16-5/h8,11,14-15H,2,6H2,1,3-5H3/t11-,14+/m1/s1. The van der Waals surface area contributed by atoms with Crippen LogP contribution in [0.15, 0.2) is 29.0 Å². The quantitative estimate of drug-likeness (QED) is 0.340. The van der Waals surface area contributed by atoms with Gasteiger partial charge in [-0.05, 0) is 12.2 Å². The van der Waals surface area contributed by atoms with Crippen molar-refractivity contribution in [2.75, 3.05) is 7.05 Å². The molecule has 0 heterocycles. The fraction of sp³-hybridized carbons (Fsp3) is 0.500. The summed E-state index contributed by atoms with van der Waals surface area (Å²) >= 11 is 0. The molecule has 0 amide bonds. The number of hydrogen-bond acceptors (Lipinski definition) is 4. The molecule has 1 N–H and O–H groups in total. The largest absolute Gasteiger partial charge is 0.455 e. The Morgan fingerprint density at radius 2 is 2.22 bits per heavy atom. The van der Waals surface area contributed by atoms with E-state index in [0.29, 0.717) is 0 Å². The molecule has 0 aromatic heterocycles. The molecule has 0 aliphatic heterocycles. The van der Waals surface area contributed by atoms with Crippen molar-refractivity contribution in [1.82, 2.24) is 0 Å². The topological polar surface area (TPSA) is 62.5 Å². The van der Waals surface area contributed by atoms with Crippen molar-refractivity contribution in [2.45, 2.75) is 33.3 Å². The Hall–Kier alpha value is -1.89. The second-order valence-corrected chi connectivity index (χ2v) is 3.91. The zero-order chi connectivity index (χ0) is 14.1. The summed E-state index contributed by atoms with van der Waals surface area (Å²) in [6.45, 7) is 9.12. The van der Waals surface area contributed by atoms with Gasteiger partial charge in [0.25, 0.3) is 0 Å². The predicted molar refractivity (Wildman–Crippen MR) is 73.3 cm³/mol. The molecule has 0 saturated carbocycles. The molecule has 0 fully saturated rings. The molecular formula is C14H20N2O2. The van der Waals surface area contributed by atoms with Gasteiger partial charge < -0.3 is 10.1 Å². The zero-order valence-corrected chi connectivity index (χ0v) is 11.4. The Morgan fingerprint density at radius 1 is 1.61 bits per heavy atom. The molecule has 0 aromatic rings. The number of aliphatic imine (C=N–C) groups is 1. The van der Waals surface area contributed by atoms with Crippen LogP contribution in [0.2, 0.25) is 0 Å². The minimum absolute atomic E-state index is 0.108. The van der Waals surface area contributed by atoms with E-state index in [9.17, 15) is 4.79 Å². The molecule has 0 saturated heterocycles. The van der Waals surface area contributed by atoms with Crippen molar-refractivity contribution >= 4 is 17.6 Å². The third-order valence-electron chi connectivity index (χ3n) is 2.56. The Labute approximate surface area is 108 Å². The van der Waals surface area contributed by atoms with Gasteiger partial charge in [-0.2, -0.15) is 0 Å². The van der Waals surface area contributed by atoms with Crippen molar-refractivity contribution in [2.24, 2.45) is 10.9 Å². The highest BCUT2D eigenvalue weighted by Gasteiger charge is 2.25. The van der Waals surface area contributed by atoms with Crippen molar-refractivity contribution in [3.05, 3.63) is 24.0 Å². The maximum Gasteiger partial charge on any atom is 0.303 e. The zero-order valence-electron chi connectivity index (χ0n) is 11.4. The lowest BCUT2D eigenvalue weighted by atomic mass is 9.91. The molecule has 0 unspecified atom stereocenters. The summed E-state index contributed by atoms with van der Waals surface area (Å²) in [6.07, 6.45) is 1.54. The van der Waals surface area contributed by atoms with Crippen LogP contribution in [0, 0.1) is 11.3 Å². The number of carbonyl (C=O) groups excluding carboxylic acids is 1. The van der Waals surface area contributed by atoms with E-state index in [1.54, 1.807) is 7.05 Å². The lowest BCUT2D eigenvalue weighted by Gasteiger charge is -2.24. The fourth-order valence-corrected chi connectivity index (χ4v) is 1.41. The van der Waals surface area contributed by atoms with Gasteiger partial charge in [0.1, 0.15) is 6.10 Å². The molecule has 0 radical (unpaired) electrons. The molecule has 18 heavy (non-hydrogen) atoms. The summed E-state index contributed by atoms with van der Waals surface area (Å²) in [4.78, 5) is 14.7. The molecule has 0 aliphatic rings. The highest BCUT2D eigenvalue weighted by Crippen LogP contribution is 2.20. The van der Waals surface area contributed by atoms with Crippen LogP contribution < -0.4 is 0 Å². The highest BCUT2D eigenvalue weighted by molar-refractivity contribution is 5.98. The van der Waals surface area contributed by atoms with E-state index < -0.39 is 12.1 Å². The van der Waals surface area contributed by atoms with Gasteiger partial charge in [0, 0.05) is 31.8 Å². The Balaban J connectivity index is 5.10. The predicted octanol–water partition coefficient (Wildman–Crippen LogP) is 2.55. The first-order valence-corrected chi connectivity index (χ1v) is 5.79. The van der Waals surface area contributed by atoms with Gasteiger partial charge in [0.15, 0.2) is 0 Å². The molecular weight excluding hydrogens is 228 g/mol. The molecule has 0 spiro atoms. The van der Waals surface area contributed by atoms with E-state index in [1.165, 1.54) is 13.0 Å². The molecule has 2 atom stereocenters. The summed E-state index contributed by atoms with van der Waals surface area (Å²) in [5.41, 5.74) is 3.71. The van der Waals surface area contributed by atoms with Crippen LogP contribution >= 0.6 is 0 Å². The first kappa shape index (κ1) is 16.1. The smallest absolute Gasteiger partial charge is 0.303 e. The van der Waals surface area contributed by atoms with E-state index in [1.807, 2.05) is 13.8 Å². The Kier molecular flexibility index (Phi) is 7.37. The van der Waals surface area contributed by atoms with Gasteiger partial charge in [-0.3, -0.25) is 4.79 Å². The third kappa shape index (κ3) is 5.44. The third-order valence-corrected chi connectivity index (χ3v) is 2.56. The molecule has 0 bridgehead atoms. The van der Waals surface area contributed by atoms with Gasteiger partial charge in [-0.1, -0.05) is 26.0 Å². The number of carbonyl (C=O) groups is 1. The summed E-state index contributed by atoms with van der Waals surface area (Å²) in [5.74, 6) is 1.96. The van der Waals surface area contributed by atoms with Crippen LogP contribution in [0.5, 0.6) is 0 Å².